The Kier molecular flexibility index (Phi) is 4.59. The Morgan fingerprint density at radius 2 is 2.10 bits per heavy atom. The van der Waals surface area contributed by atoms with Crippen molar-refractivity contribution in [1.29, 1.82) is 0 Å². The first-order valence-corrected chi connectivity index (χ1v) is 8.36. The lowest BCUT2D eigenvalue weighted by Gasteiger charge is -2.22. The molecule has 0 radical (unpaired) electrons. The van der Waals surface area contributed by atoms with Gasteiger partial charge in [0.2, 0.25) is 5.91 Å². The molecule has 1 aliphatic carbocycles. The van der Waals surface area contributed by atoms with Gasteiger partial charge in [-0.15, -0.1) is 0 Å². The number of carbonyl (C=O) groups is 1. The summed E-state index contributed by atoms with van der Waals surface area (Å²) in [5.74, 6) is 1.08. The Morgan fingerprint density at radius 3 is 2.86 bits per heavy atom. The van der Waals surface area contributed by atoms with Crippen LogP contribution in [0, 0.1) is 5.92 Å². The first kappa shape index (κ1) is 14.6. The maximum atomic E-state index is 11.4. The Hall–Kier alpha value is -1.35. The van der Waals surface area contributed by atoms with Crippen molar-refractivity contribution >= 4 is 11.6 Å². The fourth-order valence-electron chi connectivity index (χ4n) is 3.80. The molecular formula is C18H26N2O. The van der Waals surface area contributed by atoms with E-state index in [1.807, 2.05) is 0 Å². The maximum Gasteiger partial charge on any atom is 0.224 e. The molecule has 1 aromatic rings. The van der Waals surface area contributed by atoms with Gasteiger partial charge >= 0.3 is 0 Å². The summed E-state index contributed by atoms with van der Waals surface area (Å²) >= 11 is 0. The summed E-state index contributed by atoms with van der Waals surface area (Å²) < 4.78 is 0. The third-order valence-electron chi connectivity index (χ3n) is 5.11. The Morgan fingerprint density at radius 1 is 1.29 bits per heavy atom. The van der Waals surface area contributed by atoms with Gasteiger partial charge in [0, 0.05) is 18.2 Å². The number of benzene rings is 1. The molecule has 1 atom stereocenters. The molecular weight excluding hydrogens is 260 g/mol. The van der Waals surface area contributed by atoms with Crippen LogP contribution in [0.1, 0.15) is 62.1 Å². The zero-order chi connectivity index (χ0) is 14.7. The minimum atomic E-state index is 0.140. The first-order chi connectivity index (χ1) is 10.3. The highest BCUT2D eigenvalue weighted by Gasteiger charge is 2.20. The highest BCUT2D eigenvalue weighted by atomic mass is 16.1. The average molecular weight is 286 g/mol. The second kappa shape index (κ2) is 6.61. The minimum absolute atomic E-state index is 0.140. The number of nitrogens with one attached hydrogen (secondary N) is 2. The Bertz CT molecular complexity index is 506. The molecule has 1 amide bonds. The molecule has 1 heterocycles. The van der Waals surface area contributed by atoms with Crippen molar-refractivity contribution in [3.05, 3.63) is 29.3 Å². The molecule has 0 bridgehead atoms. The summed E-state index contributed by atoms with van der Waals surface area (Å²) in [7, 11) is 2.06. The van der Waals surface area contributed by atoms with E-state index in [1.165, 1.54) is 49.7 Å². The van der Waals surface area contributed by atoms with Crippen LogP contribution in [-0.4, -0.2) is 13.0 Å². The molecule has 1 aliphatic heterocycles. The number of anilines is 1. The van der Waals surface area contributed by atoms with Gasteiger partial charge in [-0.05, 0) is 49.4 Å². The average Bonchev–Trinajstić information content (AvgIpc) is 3.01. The van der Waals surface area contributed by atoms with Crippen molar-refractivity contribution in [2.24, 2.45) is 5.92 Å². The first-order valence-electron chi connectivity index (χ1n) is 8.36. The molecule has 2 N–H and O–H groups in total. The predicted molar refractivity (Wildman–Crippen MR) is 86.4 cm³/mol. The number of hydrogen-bond acceptors (Lipinski definition) is 2. The molecule has 21 heavy (non-hydrogen) atoms. The molecule has 0 saturated heterocycles. The van der Waals surface area contributed by atoms with Crippen LogP contribution < -0.4 is 10.6 Å². The SMILES string of the molecule is CNC(CCC1CCCC1)c1ccc2c(c1)CCC(=O)N2. The number of aryl methyl sites for hydroxylation is 1. The number of amides is 1. The lowest BCUT2D eigenvalue weighted by molar-refractivity contribution is -0.116. The topological polar surface area (TPSA) is 41.1 Å². The zero-order valence-electron chi connectivity index (χ0n) is 13.0. The minimum Gasteiger partial charge on any atom is -0.326 e. The molecule has 0 aromatic heterocycles. The fourth-order valence-corrected chi connectivity index (χ4v) is 3.80. The van der Waals surface area contributed by atoms with E-state index in [0.717, 1.165) is 18.0 Å². The van der Waals surface area contributed by atoms with Crippen LogP contribution in [0.15, 0.2) is 18.2 Å². The Balaban J connectivity index is 1.67. The van der Waals surface area contributed by atoms with Crippen LogP contribution in [0.2, 0.25) is 0 Å². The van der Waals surface area contributed by atoms with Gasteiger partial charge in [0.25, 0.3) is 0 Å². The van der Waals surface area contributed by atoms with E-state index in [9.17, 15) is 4.79 Å². The van der Waals surface area contributed by atoms with E-state index < -0.39 is 0 Å². The molecule has 0 spiro atoms. The van der Waals surface area contributed by atoms with Crippen molar-refractivity contribution in [1.82, 2.24) is 5.32 Å². The summed E-state index contributed by atoms with van der Waals surface area (Å²) in [6.07, 6.45) is 9.72. The third kappa shape index (κ3) is 3.46. The molecule has 3 heteroatoms. The fraction of sp³-hybridized carbons (Fsp3) is 0.611. The van der Waals surface area contributed by atoms with Crippen molar-refractivity contribution in [2.45, 2.75) is 57.4 Å². The van der Waals surface area contributed by atoms with E-state index in [4.69, 9.17) is 0 Å². The van der Waals surface area contributed by atoms with Crippen LogP contribution in [0.5, 0.6) is 0 Å². The van der Waals surface area contributed by atoms with Gasteiger partial charge in [-0.1, -0.05) is 37.8 Å². The number of fused-ring (bicyclic) bond motifs is 1. The molecule has 3 nitrogen and oxygen atoms in total. The van der Waals surface area contributed by atoms with E-state index in [-0.39, 0.29) is 5.91 Å². The molecule has 1 aromatic carbocycles. The highest BCUT2D eigenvalue weighted by Crippen LogP contribution is 2.32. The normalized spacial score (nSPS) is 20.1. The van der Waals surface area contributed by atoms with Gasteiger partial charge in [-0.3, -0.25) is 4.79 Å². The van der Waals surface area contributed by atoms with Gasteiger partial charge in [-0.2, -0.15) is 0 Å². The summed E-state index contributed by atoms with van der Waals surface area (Å²) in [6.45, 7) is 0. The predicted octanol–water partition coefficient (Wildman–Crippen LogP) is 3.80. The maximum absolute atomic E-state index is 11.4. The number of rotatable bonds is 5. The third-order valence-corrected chi connectivity index (χ3v) is 5.11. The number of hydrogen-bond donors (Lipinski definition) is 2. The van der Waals surface area contributed by atoms with Gasteiger partial charge in [0.1, 0.15) is 0 Å². The highest BCUT2D eigenvalue weighted by molar-refractivity contribution is 5.93. The Labute approximate surface area is 127 Å². The van der Waals surface area contributed by atoms with Crippen LogP contribution in [0.4, 0.5) is 5.69 Å². The molecule has 1 saturated carbocycles. The van der Waals surface area contributed by atoms with E-state index >= 15 is 0 Å². The quantitative estimate of drug-likeness (QED) is 0.864. The van der Waals surface area contributed by atoms with Crippen molar-refractivity contribution < 1.29 is 4.79 Å². The van der Waals surface area contributed by atoms with Crippen LogP contribution in [-0.2, 0) is 11.2 Å². The van der Waals surface area contributed by atoms with Gasteiger partial charge in [-0.25, -0.2) is 0 Å². The number of carbonyl (C=O) groups excluding carboxylic acids is 1. The lowest BCUT2D eigenvalue weighted by Crippen LogP contribution is -2.21. The largest absolute Gasteiger partial charge is 0.326 e. The summed E-state index contributed by atoms with van der Waals surface area (Å²) in [6, 6.07) is 6.96. The summed E-state index contributed by atoms with van der Waals surface area (Å²) in [5.41, 5.74) is 3.65. The van der Waals surface area contributed by atoms with Crippen LogP contribution in [0.25, 0.3) is 0 Å². The van der Waals surface area contributed by atoms with E-state index in [1.54, 1.807) is 0 Å². The summed E-state index contributed by atoms with van der Waals surface area (Å²) in [4.78, 5) is 11.4. The van der Waals surface area contributed by atoms with Gasteiger partial charge < -0.3 is 10.6 Å². The van der Waals surface area contributed by atoms with E-state index in [2.05, 4.69) is 35.9 Å². The van der Waals surface area contributed by atoms with Crippen molar-refractivity contribution in [3.63, 3.8) is 0 Å². The van der Waals surface area contributed by atoms with Gasteiger partial charge in [0.05, 0.1) is 0 Å². The van der Waals surface area contributed by atoms with Crippen LogP contribution >= 0.6 is 0 Å². The second-order valence-electron chi connectivity index (χ2n) is 6.53. The molecule has 114 valence electrons. The molecule has 1 unspecified atom stereocenters. The zero-order valence-corrected chi connectivity index (χ0v) is 13.0. The monoisotopic (exact) mass is 286 g/mol. The van der Waals surface area contributed by atoms with Crippen LogP contribution in [0.3, 0.4) is 0 Å². The van der Waals surface area contributed by atoms with Crippen molar-refractivity contribution in [2.75, 3.05) is 12.4 Å². The molecule has 1 fully saturated rings. The molecule has 2 aliphatic rings. The van der Waals surface area contributed by atoms with E-state index in [0.29, 0.717) is 12.5 Å². The van der Waals surface area contributed by atoms with Crippen molar-refractivity contribution in [3.8, 4) is 0 Å². The smallest absolute Gasteiger partial charge is 0.224 e. The second-order valence-corrected chi connectivity index (χ2v) is 6.53. The summed E-state index contributed by atoms with van der Waals surface area (Å²) in [5, 5.41) is 6.43. The molecule has 3 rings (SSSR count). The lowest BCUT2D eigenvalue weighted by atomic mass is 9.92. The van der Waals surface area contributed by atoms with Gasteiger partial charge in [0.15, 0.2) is 0 Å². The standard InChI is InChI=1S/C18H26N2O/c1-19-16(9-6-13-4-2-3-5-13)14-7-10-17-15(12-14)8-11-18(21)20-17/h7,10,12-13,16,19H,2-6,8-9,11H2,1H3,(H,20,21).